The number of aromatic nitrogens is 3. The number of halogens is 1. The van der Waals surface area contributed by atoms with Crippen LogP contribution < -0.4 is 4.74 Å². The lowest BCUT2D eigenvalue weighted by Gasteiger charge is -2.30. The third-order valence-electron chi connectivity index (χ3n) is 3.49. The molecule has 0 saturated carbocycles. The summed E-state index contributed by atoms with van der Waals surface area (Å²) in [6.07, 6.45) is 1.46. The number of esters is 1. The van der Waals surface area contributed by atoms with Gasteiger partial charge < -0.3 is 9.47 Å². The Morgan fingerprint density at radius 3 is 2.23 bits per heavy atom. The molecule has 1 aromatic heterocycles. The Bertz CT molecular complexity index is 765. The average Bonchev–Trinajstić information content (AvgIpc) is 3.06. The maximum Gasteiger partial charge on any atom is 0.319 e. The third kappa shape index (κ3) is 4.82. The summed E-state index contributed by atoms with van der Waals surface area (Å²) < 4.78 is 12.4. The molecule has 0 aliphatic heterocycles. The number of ether oxygens (including phenoxy) is 2. The largest absolute Gasteiger partial charge is 0.461 e. The van der Waals surface area contributed by atoms with E-state index in [9.17, 15) is 9.59 Å². The van der Waals surface area contributed by atoms with E-state index in [1.807, 2.05) is 0 Å². The van der Waals surface area contributed by atoms with Crippen LogP contribution in [-0.4, -0.2) is 32.1 Å². The van der Waals surface area contributed by atoms with Gasteiger partial charge in [-0.3, -0.25) is 9.59 Å². The Hall–Kier alpha value is -2.41. The van der Waals surface area contributed by atoms with E-state index in [0.29, 0.717) is 10.8 Å². The molecule has 140 valence electrons. The van der Waals surface area contributed by atoms with Crippen molar-refractivity contribution in [1.29, 1.82) is 0 Å². The van der Waals surface area contributed by atoms with Crippen molar-refractivity contribution in [3.8, 4) is 5.75 Å². The first-order valence-electron chi connectivity index (χ1n) is 8.05. The van der Waals surface area contributed by atoms with Crippen LogP contribution in [0, 0.1) is 5.41 Å². The van der Waals surface area contributed by atoms with Crippen LogP contribution in [0.15, 0.2) is 36.9 Å². The normalized spacial score (nSPS) is 13.2. The predicted molar refractivity (Wildman–Crippen MR) is 95.8 cm³/mol. The van der Waals surface area contributed by atoms with Gasteiger partial charge in [-0.05, 0) is 58.9 Å². The molecule has 0 fully saturated rings. The number of hydrogen-bond acceptors (Lipinski definition) is 6. The minimum atomic E-state index is -1.45. The van der Waals surface area contributed by atoms with E-state index in [2.05, 4.69) is 10.1 Å². The van der Waals surface area contributed by atoms with Crippen molar-refractivity contribution >= 4 is 23.4 Å². The average molecular weight is 380 g/mol. The van der Waals surface area contributed by atoms with E-state index in [1.165, 1.54) is 31.2 Å². The topological polar surface area (TPSA) is 83.3 Å². The van der Waals surface area contributed by atoms with Crippen molar-refractivity contribution < 1.29 is 19.1 Å². The number of benzene rings is 1. The van der Waals surface area contributed by atoms with Crippen LogP contribution >= 0.6 is 11.6 Å². The van der Waals surface area contributed by atoms with Gasteiger partial charge in [-0.1, -0.05) is 11.6 Å². The fourth-order valence-electron chi connectivity index (χ4n) is 2.02. The van der Waals surface area contributed by atoms with Crippen LogP contribution in [0.4, 0.5) is 0 Å². The minimum absolute atomic E-state index is 0.406. The zero-order chi connectivity index (χ0) is 19.5. The van der Waals surface area contributed by atoms with Crippen molar-refractivity contribution in [2.45, 2.75) is 46.4 Å². The zero-order valence-electron chi connectivity index (χ0n) is 15.4. The fourth-order valence-corrected chi connectivity index (χ4v) is 2.15. The maximum atomic E-state index is 13.1. The monoisotopic (exact) mass is 379 g/mol. The molecule has 0 radical (unpaired) electrons. The van der Waals surface area contributed by atoms with Gasteiger partial charge in [0.1, 0.15) is 29.4 Å². The van der Waals surface area contributed by atoms with Crippen molar-refractivity contribution in [3.63, 3.8) is 0 Å². The molecular formula is C18H22ClN3O4. The SMILES string of the molecule is CC(C)(C)OC(=O)C(C)(C)C(=O)C(Oc1ccc(Cl)cc1)n1cncn1. The highest BCUT2D eigenvalue weighted by Gasteiger charge is 2.45. The maximum absolute atomic E-state index is 13.1. The van der Waals surface area contributed by atoms with E-state index in [1.54, 1.807) is 45.0 Å². The van der Waals surface area contributed by atoms with Crippen LogP contribution in [0.1, 0.15) is 40.8 Å². The van der Waals surface area contributed by atoms with Crippen LogP contribution in [0.5, 0.6) is 5.75 Å². The number of rotatable bonds is 6. The van der Waals surface area contributed by atoms with Crippen molar-refractivity contribution in [1.82, 2.24) is 14.8 Å². The van der Waals surface area contributed by atoms with Gasteiger partial charge in [0.25, 0.3) is 6.23 Å². The molecule has 0 saturated heterocycles. The summed E-state index contributed by atoms with van der Waals surface area (Å²) in [4.78, 5) is 29.5. The lowest BCUT2D eigenvalue weighted by molar-refractivity contribution is -0.171. The molecule has 0 spiro atoms. The van der Waals surface area contributed by atoms with Crippen LogP contribution in [-0.2, 0) is 14.3 Å². The van der Waals surface area contributed by atoms with Crippen molar-refractivity contribution in [3.05, 3.63) is 41.9 Å². The van der Waals surface area contributed by atoms with Crippen molar-refractivity contribution in [2.75, 3.05) is 0 Å². The van der Waals surface area contributed by atoms with Gasteiger partial charge in [0.15, 0.2) is 0 Å². The Balaban J connectivity index is 2.31. The third-order valence-corrected chi connectivity index (χ3v) is 3.74. The molecule has 0 amide bonds. The second-order valence-corrected chi connectivity index (χ2v) is 7.73. The molecule has 7 nitrogen and oxygen atoms in total. The second-order valence-electron chi connectivity index (χ2n) is 7.29. The van der Waals surface area contributed by atoms with E-state index in [4.69, 9.17) is 21.1 Å². The summed E-state index contributed by atoms with van der Waals surface area (Å²) in [5, 5.41) is 4.52. The van der Waals surface area contributed by atoms with Gasteiger partial charge in [0, 0.05) is 5.02 Å². The summed E-state index contributed by atoms with van der Waals surface area (Å²) in [5.41, 5.74) is -2.16. The Morgan fingerprint density at radius 1 is 1.12 bits per heavy atom. The summed E-state index contributed by atoms with van der Waals surface area (Å²) in [7, 11) is 0. The number of hydrogen-bond donors (Lipinski definition) is 0. The van der Waals surface area contributed by atoms with Crippen LogP contribution in [0.2, 0.25) is 5.02 Å². The molecule has 1 atom stereocenters. The molecule has 1 unspecified atom stereocenters. The van der Waals surface area contributed by atoms with Gasteiger partial charge in [-0.2, -0.15) is 5.10 Å². The Morgan fingerprint density at radius 2 is 1.73 bits per heavy atom. The molecule has 2 aromatic rings. The van der Waals surface area contributed by atoms with Crippen LogP contribution in [0.3, 0.4) is 0 Å². The van der Waals surface area contributed by atoms with E-state index < -0.39 is 29.0 Å². The predicted octanol–water partition coefficient (Wildman–Crippen LogP) is 3.45. The Kier molecular flexibility index (Phi) is 5.71. The first-order valence-corrected chi connectivity index (χ1v) is 8.42. The molecule has 26 heavy (non-hydrogen) atoms. The standard InChI is InChI=1S/C18H22ClN3O4/c1-17(2,3)26-16(24)18(4,5)14(23)15(22-11-20-10-21-22)25-13-8-6-12(19)7-9-13/h6-11,15H,1-5H3. The first-order chi connectivity index (χ1) is 12.0. The lowest BCUT2D eigenvalue weighted by atomic mass is 9.86. The van der Waals surface area contributed by atoms with Gasteiger partial charge in [-0.15, -0.1) is 0 Å². The lowest BCUT2D eigenvalue weighted by Crippen LogP contribution is -2.44. The number of Topliss-reactive ketones (excluding diaryl/α,β-unsaturated/α-hetero) is 1. The number of ketones is 1. The molecule has 0 N–H and O–H groups in total. The van der Waals surface area contributed by atoms with Crippen molar-refractivity contribution in [2.24, 2.45) is 5.41 Å². The summed E-state index contributed by atoms with van der Waals surface area (Å²) in [5.74, 6) is -0.740. The first kappa shape index (κ1) is 19.9. The Labute approximate surface area is 157 Å². The quantitative estimate of drug-likeness (QED) is 0.564. The van der Waals surface area contributed by atoms with Gasteiger partial charge in [0.2, 0.25) is 5.78 Å². The van der Waals surface area contributed by atoms with Gasteiger partial charge >= 0.3 is 5.97 Å². The molecule has 0 bridgehead atoms. The molecule has 0 aliphatic rings. The van der Waals surface area contributed by atoms with E-state index >= 15 is 0 Å². The summed E-state index contributed by atoms with van der Waals surface area (Å²) in [6.45, 7) is 8.22. The molecule has 0 aliphatic carbocycles. The van der Waals surface area contributed by atoms with Gasteiger partial charge in [0.05, 0.1) is 0 Å². The smallest absolute Gasteiger partial charge is 0.319 e. The highest BCUT2D eigenvalue weighted by Crippen LogP contribution is 2.30. The summed E-state index contributed by atoms with van der Waals surface area (Å²) >= 11 is 5.87. The molecule has 2 rings (SSSR count). The number of nitrogens with zero attached hydrogens (tertiary/aromatic N) is 3. The zero-order valence-corrected chi connectivity index (χ0v) is 16.1. The highest BCUT2D eigenvalue weighted by atomic mass is 35.5. The second kappa shape index (κ2) is 7.45. The molecule has 8 heteroatoms. The molecule has 1 aromatic carbocycles. The van der Waals surface area contributed by atoms with Crippen LogP contribution in [0.25, 0.3) is 0 Å². The molecule has 1 heterocycles. The highest BCUT2D eigenvalue weighted by molar-refractivity contribution is 6.30. The minimum Gasteiger partial charge on any atom is -0.461 e. The number of carbonyl (C=O) groups is 2. The summed E-state index contributed by atoms with van der Waals surface area (Å²) in [6, 6.07) is 6.53. The molecular weight excluding hydrogens is 358 g/mol. The van der Waals surface area contributed by atoms with Gasteiger partial charge in [-0.25, -0.2) is 9.67 Å². The fraction of sp³-hybridized carbons (Fsp3) is 0.444. The van der Waals surface area contributed by atoms with E-state index in [-0.39, 0.29) is 0 Å². The number of carbonyl (C=O) groups excluding carboxylic acids is 2. The van der Waals surface area contributed by atoms with E-state index in [0.717, 1.165) is 0 Å².